The highest BCUT2D eigenvalue weighted by atomic mass is 127. The molecule has 1 heterocycles. The molecule has 4 nitrogen and oxygen atoms in total. The summed E-state index contributed by atoms with van der Waals surface area (Å²) in [6.07, 6.45) is 0.280. The first kappa shape index (κ1) is 14.6. The summed E-state index contributed by atoms with van der Waals surface area (Å²) in [6.45, 7) is 0.291. The highest BCUT2D eigenvalue weighted by Gasteiger charge is 2.34. The molecule has 0 spiro atoms. The van der Waals surface area contributed by atoms with E-state index in [0.717, 1.165) is 11.3 Å². The Balaban J connectivity index is 1.74. The van der Waals surface area contributed by atoms with Crippen molar-refractivity contribution in [2.24, 2.45) is 0 Å². The van der Waals surface area contributed by atoms with Crippen molar-refractivity contribution in [3.63, 3.8) is 0 Å². The van der Waals surface area contributed by atoms with Gasteiger partial charge in [-0.2, -0.15) is 0 Å². The molecule has 1 aromatic carbocycles. The summed E-state index contributed by atoms with van der Waals surface area (Å²) in [7, 11) is 0. The van der Waals surface area contributed by atoms with Gasteiger partial charge in [0.15, 0.2) is 0 Å². The van der Waals surface area contributed by atoms with Crippen LogP contribution in [-0.2, 0) is 20.9 Å². The average Bonchev–Trinajstić information content (AvgIpc) is 2.42. The van der Waals surface area contributed by atoms with E-state index in [2.05, 4.69) is 0 Å². The van der Waals surface area contributed by atoms with Crippen LogP contribution in [0.3, 0.4) is 0 Å². The van der Waals surface area contributed by atoms with Crippen molar-refractivity contribution < 1.29 is 14.3 Å². The Hall–Kier alpha value is -0.760. The number of halogens is 1. The highest BCUT2D eigenvalue weighted by Crippen LogP contribution is 2.31. The summed E-state index contributed by atoms with van der Waals surface area (Å²) in [5.74, 6) is 0.626. The maximum atomic E-state index is 11.7. The Morgan fingerprint density at radius 2 is 2.11 bits per heavy atom. The van der Waals surface area contributed by atoms with Crippen LogP contribution in [-0.4, -0.2) is 32.4 Å². The maximum absolute atomic E-state index is 11.7. The van der Waals surface area contributed by atoms with E-state index in [1.54, 1.807) is 4.31 Å². The van der Waals surface area contributed by atoms with Crippen LogP contribution in [0, 0.1) is 0 Å². The number of carbonyl (C=O) groups excluding carboxylic acids is 2. The lowest BCUT2D eigenvalue weighted by Gasteiger charge is -2.38. The third kappa shape index (κ3) is 4.10. The Morgan fingerprint density at radius 3 is 2.68 bits per heavy atom. The minimum absolute atomic E-state index is 0.00413. The molecule has 1 atom stereocenters. The molecule has 1 saturated heterocycles. The molecular formula is C13H14INO3S. The number of amides is 1. The van der Waals surface area contributed by atoms with E-state index in [4.69, 9.17) is 4.74 Å². The molecule has 1 aromatic rings. The summed E-state index contributed by atoms with van der Waals surface area (Å²) in [6, 6.07) is 9.57. The molecule has 0 aromatic heterocycles. The number of benzene rings is 1. The molecular weight excluding hydrogens is 377 g/mol. The summed E-state index contributed by atoms with van der Waals surface area (Å²) >= 11 is 3.51. The Kier molecular flexibility index (Phi) is 5.50. The van der Waals surface area contributed by atoms with Gasteiger partial charge in [0.25, 0.3) is 0 Å². The minimum Gasteiger partial charge on any atom is -0.461 e. The van der Waals surface area contributed by atoms with E-state index >= 15 is 0 Å². The average molecular weight is 391 g/mol. The number of rotatable bonds is 5. The summed E-state index contributed by atoms with van der Waals surface area (Å²) in [5, 5.41) is 0. The van der Waals surface area contributed by atoms with E-state index in [9.17, 15) is 9.59 Å². The molecule has 0 saturated carbocycles. The van der Waals surface area contributed by atoms with Gasteiger partial charge in [-0.05, 0) is 17.5 Å². The fourth-order valence-corrected chi connectivity index (χ4v) is 3.23. The maximum Gasteiger partial charge on any atom is 0.308 e. The number of esters is 1. The van der Waals surface area contributed by atoms with Gasteiger partial charge in [0.1, 0.15) is 6.61 Å². The van der Waals surface area contributed by atoms with Crippen molar-refractivity contribution in [3.8, 4) is 0 Å². The summed E-state index contributed by atoms with van der Waals surface area (Å²) < 4.78 is 7.33. The van der Waals surface area contributed by atoms with E-state index in [1.807, 2.05) is 52.9 Å². The van der Waals surface area contributed by atoms with Crippen molar-refractivity contribution in [2.45, 2.75) is 19.1 Å². The number of hydrogen-bond donors (Lipinski definition) is 0. The molecule has 1 aliphatic heterocycles. The van der Waals surface area contributed by atoms with Crippen molar-refractivity contribution in [2.75, 3.05) is 10.2 Å². The van der Waals surface area contributed by atoms with Crippen LogP contribution in [0.1, 0.15) is 12.0 Å². The first-order chi connectivity index (χ1) is 9.20. The minimum atomic E-state index is -0.250. The summed E-state index contributed by atoms with van der Waals surface area (Å²) in [4.78, 5) is 23.2. The molecule has 0 aliphatic carbocycles. The second kappa shape index (κ2) is 7.14. The van der Waals surface area contributed by atoms with Crippen LogP contribution in [0.5, 0.6) is 0 Å². The third-order valence-electron chi connectivity index (χ3n) is 2.74. The molecule has 1 aliphatic rings. The van der Waals surface area contributed by atoms with E-state index in [1.165, 1.54) is 11.9 Å². The largest absolute Gasteiger partial charge is 0.461 e. The predicted octanol–water partition coefficient (Wildman–Crippen LogP) is 2.41. The lowest BCUT2D eigenvalue weighted by atomic mass is 10.2. The van der Waals surface area contributed by atoms with E-state index < -0.39 is 0 Å². The molecule has 102 valence electrons. The van der Waals surface area contributed by atoms with Gasteiger partial charge < -0.3 is 4.74 Å². The van der Waals surface area contributed by atoms with Gasteiger partial charge in [0.2, 0.25) is 5.91 Å². The van der Waals surface area contributed by atoms with Gasteiger partial charge in [-0.3, -0.25) is 13.9 Å². The molecule has 0 N–H and O–H groups in total. The van der Waals surface area contributed by atoms with Gasteiger partial charge in [-0.1, -0.05) is 52.9 Å². The highest BCUT2D eigenvalue weighted by molar-refractivity contribution is 14.1. The molecule has 19 heavy (non-hydrogen) atoms. The van der Waals surface area contributed by atoms with Crippen LogP contribution in [0.25, 0.3) is 0 Å². The molecule has 1 unspecified atom stereocenters. The normalized spacial score (nSPS) is 17.7. The van der Waals surface area contributed by atoms with E-state index in [0.29, 0.717) is 11.0 Å². The van der Waals surface area contributed by atoms with Crippen LogP contribution in [0.2, 0.25) is 0 Å². The topological polar surface area (TPSA) is 46.6 Å². The standard InChI is InChI=1S/C13H14INO3S/c14-7-12(16)15-11(9-19-15)6-13(17)18-8-10-4-2-1-3-5-10/h1-5,11H,6-9H2. The molecule has 0 radical (unpaired) electrons. The summed E-state index contributed by atoms with van der Waals surface area (Å²) in [5.41, 5.74) is 0.971. The zero-order chi connectivity index (χ0) is 13.7. The first-order valence-electron chi connectivity index (χ1n) is 5.91. The molecule has 1 fully saturated rings. The zero-order valence-electron chi connectivity index (χ0n) is 10.3. The molecule has 0 bridgehead atoms. The monoisotopic (exact) mass is 391 g/mol. The molecule has 2 rings (SSSR count). The van der Waals surface area contributed by atoms with Gasteiger partial charge in [0, 0.05) is 5.75 Å². The zero-order valence-corrected chi connectivity index (χ0v) is 13.2. The fourth-order valence-electron chi connectivity index (χ4n) is 1.72. The Bertz CT molecular complexity index is 454. The lowest BCUT2D eigenvalue weighted by Crippen LogP contribution is -2.47. The number of hydrogen-bond acceptors (Lipinski definition) is 4. The number of ether oxygens (including phenoxy) is 1. The van der Waals surface area contributed by atoms with Crippen molar-refractivity contribution in [3.05, 3.63) is 35.9 Å². The van der Waals surface area contributed by atoms with Gasteiger partial charge >= 0.3 is 5.97 Å². The van der Waals surface area contributed by atoms with Crippen LogP contribution >= 0.6 is 34.5 Å². The third-order valence-corrected chi connectivity index (χ3v) is 4.71. The van der Waals surface area contributed by atoms with Gasteiger partial charge in [-0.15, -0.1) is 0 Å². The number of alkyl halides is 1. The Labute approximate surface area is 130 Å². The molecule has 1 amide bonds. The smallest absolute Gasteiger partial charge is 0.308 e. The number of nitrogens with zero attached hydrogens (tertiary/aromatic N) is 1. The first-order valence-corrected chi connectivity index (χ1v) is 8.38. The fraction of sp³-hybridized carbons (Fsp3) is 0.385. The second-order valence-electron chi connectivity index (χ2n) is 4.15. The lowest BCUT2D eigenvalue weighted by molar-refractivity contribution is -0.146. The number of carbonyl (C=O) groups is 2. The predicted molar refractivity (Wildman–Crippen MR) is 82.8 cm³/mol. The quantitative estimate of drug-likeness (QED) is 0.335. The van der Waals surface area contributed by atoms with E-state index in [-0.39, 0.29) is 24.3 Å². The van der Waals surface area contributed by atoms with Crippen molar-refractivity contribution in [1.29, 1.82) is 0 Å². The van der Waals surface area contributed by atoms with Crippen LogP contribution < -0.4 is 0 Å². The van der Waals surface area contributed by atoms with Gasteiger partial charge in [0.05, 0.1) is 16.9 Å². The van der Waals surface area contributed by atoms with Crippen molar-refractivity contribution >= 4 is 46.4 Å². The van der Waals surface area contributed by atoms with Crippen LogP contribution in [0.4, 0.5) is 0 Å². The Morgan fingerprint density at radius 1 is 1.37 bits per heavy atom. The van der Waals surface area contributed by atoms with Gasteiger partial charge in [-0.25, -0.2) is 0 Å². The molecule has 6 heteroatoms. The van der Waals surface area contributed by atoms with Crippen molar-refractivity contribution in [1.82, 2.24) is 4.31 Å². The SMILES string of the molecule is O=C(CC1CSN1C(=O)CI)OCc1ccccc1. The van der Waals surface area contributed by atoms with Crippen LogP contribution in [0.15, 0.2) is 30.3 Å². The second-order valence-corrected chi connectivity index (χ2v) is 5.90.